The summed E-state index contributed by atoms with van der Waals surface area (Å²) in [4.78, 5) is 22.4. The molecule has 0 unspecified atom stereocenters. The lowest BCUT2D eigenvalue weighted by Gasteiger charge is -2.34. The number of hydrogen-bond acceptors (Lipinski definition) is 4. The molecule has 6 heteroatoms. The fraction of sp³-hybridized carbons (Fsp3) is 0.650. The Morgan fingerprint density at radius 2 is 2.12 bits per heavy atom. The standard InChI is InChI=1S/C20H29N5O/c1-14(2)18-13-24(10-4-9-23(18)12-16-5-6-16)20(26)17-11-21-19-7-8-22-25(19)15(17)3/h7-8,11,14,16,18H,4-6,9-10,12-13H2,1-3H3/t18-/m0/s1. The zero-order valence-corrected chi connectivity index (χ0v) is 16.1. The van der Waals surface area contributed by atoms with Gasteiger partial charge in [0, 0.05) is 44.5 Å². The highest BCUT2D eigenvalue weighted by Crippen LogP contribution is 2.32. The topological polar surface area (TPSA) is 53.7 Å². The van der Waals surface area contributed by atoms with E-state index in [9.17, 15) is 4.79 Å². The first-order chi connectivity index (χ1) is 12.5. The van der Waals surface area contributed by atoms with E-state index in [1.165, 1.54) is 19.4 Å². The lowest BCUT2D eigenvalue weighted by atomic mass is 10.0. The summed E-state index contributed by atoms with van der Waals surface area (Å²) in [6.45, 7) is 10.4. The molecule has 2 aromatic rings. The number of fused-ring (bicyclic) bond motifs is 1. The monoisotopic (exact) mass is 355 g/mol. The normalized spacial score (nSPS) is 22.2. The molecular formula is C20H29N5O. The van der Waals surface area contributed by atoms with Crippen LogP contribution in [0.25, 0.3) is 5.65 Å². The smallest absolute Gasteiger partial charge is 0.257 e. The Morgan fingerprint density at radius 3 is 2.85 bits per heavy atom. The van der Waals surface area contributed by atoms with Gasteiger partial charge in [0.1, 0.15) is 0 Å². The van der Waals surface area contributed by atoms with Crippen molar-refractivity contribution in [1.29, 1.82) is 0 Å². The molecule has 1 aliphatic heterocycles. The quantitative estimate of drug-likeness (QED) is 0.846. The molecule has 1 aliphatic carbocycles. The van der Waals surface area contributed by atoms with Crippen molar-refractivity contribution in [2.24, 2.45) is 11.8 Å². The van der Waals surface area contributed by atoms with Crippen molar-refractivity contribution in [1.82, 2.24) is 24.4 Å². The fourth-order valence-electron chi connectivity index (χ4n) is 4.11. The minimum Gasteiger partial charge on any atom is -0.337 e. The summed E-state index contributed by atoms with van der Waals surface area (Å²) in [7, 11) is 0. The molecule has 0 N–H and O–H groups in total. The van der Waals surface area contributed by atoms with Crippen LogP contribution in [0, 0.1) is 18.8 Å². The third kappa shape index (κ3) is 3.34. The van der Waals surface area contributed by atoms with Crippen molar-refractivity contribution in [3.05, 3.63) is 29.7 Å². The maximum Gasteiger partial charge on any atom is 0.257 e. The Kier molecular flexibility index (Phi) is 4.69. The predicted molar refractivity (Wildman–Crippen MR) is 101 cm³/mol. The first kappa shape index (κ1) is 17.5. The average molecular weight is 355 g/mol. The van der Waals surface area contributed by atoms with Crippen LogP contribution in [0.1, 0.15) is 49.2 Å². The van der Waals surface area contributed by atoms with Crippen molar-refractivity contribution in [3.8, 4) is 0 Å². The Bertz CT molecular complexity index is 795. The van der Waals surface area contributed by atoms with E-state index in [-0.39, 0.29) is 5.91 Å². The van der Waals surface area contributed by atoms with Gasteiger partial charge in [0.15, 0.2) is 5.65 Å². The van der Waals surface area contributed by atoms with Crippen LogP contribution in [-0.4, -0.2) is 62.5 Å². The molecule has 0 aromatic carbocycles. The zero-order chi connectivity index (χ0) is 18.3. The molecule has 26 heavy (non-hydrogen) atoms. The van der Waals surface area contributed by atoms with Gasteiger partial charge in [-0.3, -0.25) is 9.69 Å². The molecular weight excluding hydrogens is 326 g/mol. The Morgan fingerprint density at radius 1 is 1.31 bits per heavy atom. The molecule has 3 heterocycles. The predicted octanol–water partition coefficient (Wildman–Crippen LogP) is 2.62. The molecule has 0 bridgehead atoms. The maximum atomic E-state index is 13.3. The van der Waals surface area contributed by atoms with Crippen LogP contribution >= 0.6 is 0 Å². The second-order valence-electron chi connectivity index (χ2n) is 8.21. The van der Waals surface area contributed by atoms with Crippen LogP contribution in [0.4, 0.5) is 0 Å². The van der Waals surface area contributed by atoms with E-state index in [4.69, 9.17) is 0 Å². The van der Waals surface area contributed by atoms with Crippen LogP contribution in [-0.2, 0) is 0 Å². The molecule has 1 atom stereocenters. The van der Waals surface area contributed by atoms with Crippen LogP contribution in [0.2, 0.25) is 0 Å². The van der Waals surface area contributed by atoms with Crippen LogP contribution in [0.3, 0.4) is 0 Å². The molecule has 0 spiro atoms. The Labute approximate surface area is 155 Å². The number of aromatic nitrogens is 3. The Hall–Kier alpha value is -1.95. The number of carbonyl (C=O) groups is 1. The van der Waals surface area contributed by atoms with Crippen molar-refractivity contribution in [2.75, 3.05) is 26.2 Å². The molecule has 140 valence electrons. The number of rotatable bonds is 4. The van der Waals surface area contributed by atoms with Gasteiger partial charge in [0.2, 0.25) is 0 Å². The molecule has 0 radical (unpaired) electrons. The summed E-state index contributed by atoms with van der Waals surface area (Å²) in [5, 5.41) is 4.29. The number of nitrogens with zero attached hydrogens (tertiary/aromatic N) is 5. The largest absolute Gasteiger partial charge is 0.337 e. The van der Waals surface area contributed by atoms with E-state index in [1.54, 1.807) is 16.9 Å². The van der Waals surface area contributed by atoms with Gasteiger partial charge >= 0.3 is 0 Å². The number of amides is 1. The van der Waals surface area contributed by atoms with Crippen LogP contribution in [0.5, 0.6) is 0 Å². The second kappa shape index (κ2) is 6.99. The van der Waals surface area contributed by atoms with Gasteiger partial charge in [-0.25, -0.2) is 9.50 Å². The van der Waals surface area contributed by atoms with Gasteiger partial charge in [0.25, 0.3) is 5.91 Å². The lowest BCUT2D eigenvalue weighted by molar-refractivity contribution is 0.0702. The highest BCUT2D eigenvalue weighted by atomic mass is 16.2. The van der Waals surface area contributed by atoms with E-state index >= 15 is 0 Å². The maximum absolute atomic E-state index is 13.3. The summed E-state index contributed by atoms with van der Waals surface area (Å²) in [5.74, 6) is 1.51. The van der Waals surface area contributed by atoms with E-state index < -0.39 is 0 Å². The van der Waals surface area contributed by atoms with Gasteiger partial charge in [-0.15, -0.1) is 0 Å². The third-order valence-electron chi connectivity index (χ3n) is 5.88. The summed E-state index contributed by atoms with van der Waals surface area (Å²) in [6.07, 6.45) is 7.22. The molecule has 1 saturated heterocycles. The van der Waals surface area contributed by atoms with Crippen molar-refractivity contribution in [3.63, 3.8) is 0 Å². The number of aryl methyl sites for hydroxylation is 1. The molecule has 2 aromatic heterocycles. The first-order valence-electron chi connectivity index (χ1n) is 9.87. The SMILES string of the molecule is Cc1c(C(=O)N2CCCN(CC3CC3)[C@H](C(C)C)C2)cnc2ccnn12. The van der Waals surface area contributed by atoms with Crippen molar-refractivity contribution >= 4 is 11.6 Å². The summed E-state index contributed by atoms with van der Waals surface area (Å²) >= 11 is 0. The fourth-order valence-corrected chi connectivity index (χ4v) is 4.11. The Balaban J connectivity index is 1.57. The zero-order valence-electron chi connectivity index (χ0n) is 16.1. The summed E-state index contributed by atoms with van der Waals surface area (Å²) in [5.41, 5.74) is 2.31. The van der Waals surface area contributed by atoms with E-state index in [1.807, 2.05) is 17.9 Å². The van der Waals surface area contributed by atoms with Gasteiger partial charge < -0.3 is 4.90 Å². The van der Waals surface area contributed by atoms with Gasteiger partial charge in [-0.1, -0.05) is 13.8 Å². The average Bonchev–Trinajstić information content (AvgIpc) is 3.34. The molecule has 6 nitrogen and oxygen atoms in total. The third-order valence-corrected chi connectivity index (χ3v) is 5.88. The summed E-state index contributed by atoms with van der Waals surface area (Å²) < 4.78 is 1.75. The van der Waals surface area contributed by atoms with Gasteiger partial charge in [-0.05, 0) is 38.0 Å². The van der Waals surface area contributed by atoms with Gasteiger partial charge in [0.05, 0.1) is 17.5 Å². The second-order valence-corrected chi connectivity index (χ2v) is 8.21. The molecule has 2 aliphatic rings. The van der Waals surface area contributed by atoms with E-state index in [2.05, 4.69) is 28.8 Å². The highest BCUT2D eigenvalue weighted by Gasteiger charge is 2.34. The van der Waals surface area contributed by atoms with Crippen molar-refractivity contribution < 1.29 is 4.79 Å². The summed E-state index contributed by atoms with van der Waals surface area (Å²) in [6, 6.07) is 2.29. The van der Waals surface area contributed by atoms with E-state index in [0.29, 0.717) is 17.5 Å². The van der Waals surface area contributed by atoms with Crippen LogP contribution < -0.4 is 0 Å². The van der Waals surface area contributed by atoms with E-state index in [0.717, 1.165) is 43.3 Å². The van der Waals surface area contributed by atoms with Crippen LogP contribution in [0.15, 0.2) is 18.5 Å². The molecule has 1 saturated carbocycles. The number of carbonyl (C=O) groups excluding carboxylic acids is 1. The molecule has 1 amide bonds. The van der Waals surface area contributed by atoms with Gasteiger partial charge in [-0.2, -0.15) is 5.10 Å². The van der Waals surface area contributed by atoms with Crippen molar-refractivity contribution in [2.45, 2.75) is 46.1 Å². The minimum absolute atomic E-state index is 0.0892. The minimum atomic E-state index is 0.0892. The highest BCUT2D eigenvalue weighted by molar-refractivity contribution is 5.95. The molecule has 2 fully saturated rings. The lowest BCUT2D eigenvalue weighted by Crippen LogP contribution is -2.46. The number of hydrogen-bond donors (Lipinski definition) is 0. The first-order valence-corrected chi connectivity index (χ1v) is 9.87. The molecule has 4 rings (SSSR count).